The van der Waals surface area contributed by atoms with E-state index in [9.17, 15) is 4.79 Å². The van der Waals surface area contributed by atoms with E-state index in [1.807, 2.05) is 18.2 Å². The topological polar surface area (TPSA) is 61.2 Å². The van der Waals surface area contributed by atoms with Gasteiger partial charge in [0.15, 0.2) is 0 Å². The van der Waals surface area contributed by atoms with Gasteiger partial charge in [-0.15, -0.1) is 0 Å². The highest BCUT2D eigenvalue weighted by atomic mass is 16.5. The number of hydrogen-bond donors (Lipinski definition) is 1. The number of rotatable bonds is 1. The monoisotopic (exact) mass is 178 g/mol. The van der Waals surface area contributed by atoms with E-state index in [1.165, 1.54) is 4.74 Å². The van der Waals surface area contributed by atoms with E-state index < -0.39 is 0 Å². The lowest BCUT2D eigenvalue weighted by Gasteiger charge is -1.96. The van der Waals surface area contributed by atoms with Gasteiger partial charge in [-0.1, -0.05) is 12.1 Å². The average molecular weight is 178 g/mol. The Morgan fingerprint density at radius 3 is 3.00 bits per heavy atom. The van der Waals surface area contributed by atoms with Crippen LogP contribution in [0, 0.1) is 0 Å². The molecule has 0 amide bonds. The summed E-state index contributed by atoms with van der Waals surface area (Å²) in [5.74, 6) is 0. The van der Waals surface area contributed by atoms with Crippen molar-refractivity contribution in [3.8, 4) is 0 Å². The third-order valence-corrected chi connectivity index (χ3v) is 2.11. The molecule has 0 aliphatic rings. The van der Waals surface area contributed by atoms with Gasteiger partial charge in [0.05, 0.1) is 10.9 Å². The zero-order valence-corrected chi connectivity index (χ0v) is 7.28. The molecule has 0 radical (unpaired) electrons. The van der Waals surface area contributed by atoms with Gasteiger partial charge in [0.25, 0.3) is 0 Å². The Morgan fingerprint density at radius 1 is 1.54 bits per heavy atom. The first kappa shape index (κ1) is 8.07. The highest BCUT2D eigenvalue weighted by molar-refractivity contribution is 5.81. The molecule has 0 aliphatic carbocycles. The largest absolute Gasteiger partial charge is 0.365 e. The first-order chi connectivity index (χ1) is 6.24. The lowest BCUT2D eigenvalue weighted by atomic mass is 10.1. The summed E-state index contributed by atoms with van der Waals surface area (Å²) in [4.78, 5) is 11.3. The van der Waals surface area contributed by atoms with Crippen LogP contribution in [-0.2, 0) is 13.6 Å². The van der Waals surface area contributed by atoms with E-state index in [4.69, 9.17) is 10.3 Å². The van der Waals surface area contributed by atoms with Crippen LogP contribution in [0.3, 0.4) is 0 Å². The molecule has 2 N–H and O–H groups in total. The SMILES string of the molecule is Cn1oc(=O)c2c(CN)cccc21. The maximum Gasteiger partial charge on any atom is 0.365 e. The zero-order chi connectivity index (χ0) is 9.42. The molecule has 1 aromatic heterocycles. The fourth-order valence-electron chi connectivity index (χ4n) is 1.47. The lowest BCUT2D eigenvalue weighted by molar-refractivity contribution is 0.296. The molecule has 0 saturated carbocycles. The number of hydrogen-bond acceptors (Lipinski definition) is 3. The first-order valence-electron chi connectivity index (χ1n) is 4.02. The Morgan fingerprint density at radius 2 is 2.31 bits per heavy atom. The molecular formula is C9H10N2O2. The highest BCUT2D eigenvalue weighted by Gasteiger charge is 2.09. The molecule has 1 aromatic carbocycles. The molecule has 0 unspecified atom stereocenters. The molecule has 0 atom stereocenters. The average Bonchev–Trinajstić information content (AvgIpc) is 2.43. The molecule has 0 spiro atoms. The van der Waals surface area contributed by atoms with Gasteiger partial charge < -0.3 is 10.3 Å². The number of fused-ring (bicyclic) bond motifs is 1. The molecule has 1 heterocycles. The quantitative estimate of drug-likeness (QED) is 0.695. The summed E-state index contributed by atoms with van der Waals surface area (Å²) in [5, 5.41) is 0.590. The van der Waals surface area contributed by atoms with Gasteiger partial charge >= 0.3 is 5.63 Å². The van der Waals surface area contributed by atoms with Crippen molar-refractivity contribution in [3.63, 3.8) is 0 Å². The number of aryl methyl sites for hydroxylation is 1. The smallest absolute Gasteiger partial charge is 0.336 e. The molecule has 2 aromatic rings. The van der Waals surface area contributed by atoms with Crippen LogP contribution in [-0.4, -0.2) is 4.74 Å². The van der Waals surface area contributed by atoms with Crippen LogP contribution < -0.4 is 11.4 Å². The molecule has 2 rings (SSSR count). The van der Waals surface area contributed by atoms with Crippen LogP contribution in [0.1, 0.15) is 5.56 Å². The summed E-state index contributed by atoms with van der Waals surface area (Å²) in [7, 11) is 1.70. The van der Waals surface area contributed by atoms with E-state index in [-0.39, 0.29) is 5.63 Å². The molecule has 0 fully saturated rings. The number of nitrogens with zero attached hydrogens (tertiary/aromatic N) is 1. The minimum atomic E-state index is -0.321. The second kappa shape index (κ2) is 2.74. The van der Waals surface area contributed by atoms with E-state index in [0.717, 1.165) is 11.1 Å². The van der Waals surface area contributed by atoms with Crippen molar-refractivity contribution in [2.75, 3.05) is 0 Å². The molecule has 0 saturated heterocycles. The molecule has 4 heteroatoms. The Bertz CT molecular complexity index is 496. The Kier molecular flexibility index (Phi) is 1.70. The lowest BCUT2D eigenvalue weighted by Crippen LogP contribution is -2.01. The predicted molar refractivity (Wildman–Crippen MR) is 49.3 cm³/mol. The second-order valence-corrected chi connectivity index (χ2v) is 2.89. The zero-order valence-electron chi connectivity index (χ0n) is 7.28. The van der Waals surface area contributed by atoms with Crippen molar-refractivity contribution in [2.24, 2.45) is 12.8 Å². The highest BCUT2D eigenvalue weighted by Crippen LogP contribution is 2.14. The van der Waals surface area contributed by atoms with E-state index in [1.54, 1.807) is 7.05 Å². The molecular weight excluding hydrogens is 168 g/mol. The van der Waals surface area contributed by atoms with Crippen LogP contribution in [0.25, 0.3) is 10.9 Å². The van der Waals surface area contributed by atoms with Gasteiger partial charge in [0.1, 0.15) is 0 Å². The summed E-state index contributed by atoms with van der Waals surface area (Å²) in [6.45, 7) is 0.353. The van der Waals surface area contributed by atoms with Crippen LogP contribution in [0.5, 0.6) is 0 Å². The van der Waals surface area contributed by atoms with Crippen LogP contribution in [0.4, 0.5) is 0 Å². The van der Waals surface area contributed by atoms with Gasteiger partial charge in [0.2, 0.25) is 0 Å². The van der Waals surface area contributed by atoms with E-state index in [2.05, 4.69) is 0 Å². The van der Waals surface area contributed by atoms with Crippen molar-refractivity contribution in [1.29, 1.82) is 0 Å². The predicted octanol–water partition coefficient (Wildman–Crippen LogP) is 0.590. The number of nitrogens with two attached hydrogens (primary N) is 1. The summed E-state index contributed by atoms with van der Waals surface area (Å²) >= 11 is 0. The van der Waals surface area contributed by atoms with Crippen LogP contribution in [0.2, 0.25) is 0 Å². The first-order valence-corrected chi connectivity index (χ1v) is 4.02. The van der Waals surface area contributed by atoms with Crippen molar-refractivity contribution < 1.29 is 4.52 Å². The standard InChI is InChI=1S/C9H10N2O2/c1-11-7-4-2-3-6(5-10)8(7)9(12)13-11/h2-4H,5,10H2,1H3. The fourth-order valence-corrected chi connectivity index (χ4v) is 1.47. The maximum absolute atomic E-state index is 11.3. The Balaban J connectivity index is 2.97. The van der Waals surface area contributed by atoms with Gasteiger partial charge in [-0.2, -0.15) is 0 Å². The molecule has 0 bridgehead atoms. The van der Waals surface area contributed by atoms with E-state index >= 15 is 0 Å². The van der Waals surface area contributed by atoms with Gasteiger partial charge in [-0.25, -0.2) is 9.53 Å². The van der Waals surface area contributed by atoms with Gasteiger partial charge in [-0.05, 0) is 11.6 Å². The van der Waals surface area contributed by atoms with Crippen LogP contribution >= 0.6 is 0 Å². The van der Waals surface area contributed by atoms with E-state index in [0.29, 0.717) is 11.9 Å². The normalized spacial score (nSPS) is 10.9. The third kappa shape index (κ3) is 1.07. The van der Waals surface area contributed by atoms with Crippen molar-refractivity contribution in [3.05, 3.63) is 34.2 Å². The van der Waals surface area contributed by atoms with Crippen molar-refractivity contribution in [2.45, 2.75) is 6.54 Å². The fraction of sp³-hybridized carbons (Fsp3) is 0.222. The van der Waals surface area contributed by atoms with Crippen molar-refractivity contribution in [1.82, 2.24) is 4.74 Å². The van der Waals surface area contributed by atoms with Gasteiger partial charge in [-0.3, -0.25) is 0 Å². The Hall–Kier alpha value is -1.55. The molecule has 0 aliphatic heterocycles. The summed E-state index contributed by atoms with van der Waals surface area (Å²) in [5.41, 5.74) is 6.79. The van der Waals surface area contributed by atoms with Crippen molar-refractivity contribution >= 4 is 10.9 Å². The Labute approximate surface area is 74.5 Å². The van der Waals surface area contributed by atoms with Gasteiger partial charge in [0, 0.05) is 13.6 Å². The molecule has 13 heavy (non-hydrogen) atoms. The number of benzene rings is 1. The summed E-state index contributed by atoms with van der Waals surface area (Å²) < 4.78 is 6.37. The number of aromatic nitrogens is 1. The molecule has 4 nitrogen and oxygen atoms in total. The maximum atomic E-state index is 11.3. The summed E-state index contributed by atoms with van der Waals surface area (Å²) in [6, 6.07) is 5.53. The summed E-state index contributed by atoms with van der Waals surface area (Å²) in [6.07, 6.45) is 0. The minimum absolute atomic E-state index is 0.321. The minimum Gasteiger partial charge on any atom is -0.336 e. The third-order valence-electron chi connectivity index (χ3n) is 2.11. The second-order valence-electron chi connectivity index (χ2n) is 2.89. The molecule has 68 valence electrons. The van der Waals surface area contributed by atoms with Crippen LogP contribution in [0.15, 0.2) is 27.5 Å².